The molecular weight excluding hydrogens is 502 g/mol. The number of carbonyl (C=O) groups excluding carboxylic acids is 1. The summed E-state index contributed by atoms with van der Waals surface area (Å²) in [4.78, 5) is 11.8. The van der Waals surface area contributed by atoms with Crippen LogP contribution in [0.3, 0.4) is 0 Å². The van der Waals surface area contributed by atoms with Gasteiger partial charge < -0.3 is 10.4 Å². The van der Waals surface area contributed by atoms with Crippen molar-refractivity contribution in [3.63, 3.8) is 0 Å². The summed E-state index contributed by atoms with van der Waals surface area (Å²) in [7, 11) is 0. The molecule has 2 N–H and O–H groups in total. The fourth-order valence-electron chi connectivity index (χ4n) is 7.13. The third kappa shape index (κ3) is 4.52. The maximum absolute atomic E-state index is 11.8. The van der Waals surface area contributed by atoms with Crippen LogP contribution in [-0.4, -0.2) is 17.6 Å². The number of rotatable bonds is 5. The number of nitrogens with one attached hydrogen (secondary N) is 1. The van der Waals surface area contributed by atoms with E-state index in [2.05, 4.69) is 102 Å². The van der Waals surface area contributed by atoms with Crippen LogP contribution in [0.1, 0.15) is 53.0 Å². The van der Waals surface area contributed by atoms with E-state index >= 15 is 0 Å². The van der Waals surface area contributed by atoms with Crippen LogP contribution < -0.4 is 5.32 Å². The summed E-state index contributed by atoms with van der Waals surface area (Å²) in [6, 6.07) is 38.8. The van der Waals surface area contributed by atoms with Gasteiger partial charge in [-0.1, -0.05) is 103 Å². The molecule has 0 spiro atoms. The maximum atomic E-state index is 11.8. The van der Waals surface area contributed by atoms with Gasteiger partial charge in [-0.25, -0.2) is 0 Å². The number of amides is 1. The van der Waals surface area contributed by atoms with Gasteiger partial charge in [0, 0.05) is 24.8 Å². The van der Waals surface area contributed by atoms with Crippen molar-refractivity contribution in [3.05, 3.63) is 137 Å². The molecule has 202 valence electrons. The Hall–Kier alpha value is -4.63. The third-order valence-corrected chi connectivity index (χ3v) is 9.00. The highest BCUT2D eigenvalue weighted by Gasteiger charge is 2.32. The van der Waals surface area contributed by atoms with Gasteiger partial charge in [0.1, 0.15) is 5.75 Å². The second kappa shape index (κ2) is 10.4. The van der Waals surface area contributed by atoms with Crippen molar-refractivity contribution >= 4 is 38.2 Å². The normalized spacial score (nSPS) is 16.6. The van der Waals surface area contributed by atoms with E-state index < -0.39 is 0 Å². The summed E-state index contributed by atoms with van der Waals surface area (Å²) in [6.07, 6.45) is 2.80. The number of carbonyl (C=O) groups is 1. The van der Waals surface area contributed by atoms with Crippen LogP contribution in [-0.2, 0) is 17.6 Å². The zero-order chi connectivity index (χ0) is 27.9. The van der Waals surface area contributed by atoms with Gasteiger partial charge in [0.05, 0.1) is 0 Å². The molecule has 7 rings (SSSR count). The first-order valence-electron chi connectivity index (χ1n) is 14.5. The summed E-state index contributed by atoms with van der Waals surface area (Å²) in [6.45, 7) is 2.20. The first kappa shape index (κ1) is 25.3. The molecule has 3 heteroatoms. The van der Waals surface area contributed by atoms with Crippen molar-refractivity contribution in [3.8, 4) is 5.75 Å². The SMILES string of the molecule is CC(=O)NCCc1c(C2CC(c3ccccc3)Cc3c2ccc2c3ccc3c(O)cccc32)ccc2ccccc12. The van der Waals surface area contributed by atoms with Crippen molar-refractivity contribution < 1.29 is 9.90 Å². The fraction of sp³-hybridized carbons (Fsp3) is 0.184. The molecule has 1 aliphatic rings. The van der Waals surface area contributed by atoms with Gasteiger partial charge in [-0.05, 0) is 86.0 Å². The van der Waals surface area contributed by atoms with Crippen LogP contribution in [0.2, 0.25) is 0 Å². The molecule has 0 heterocycles. The summed E-state index contributed by atoms with van der Waals surface area (Å²) >= 11 is 0. The molecule has 0 bridgehead atoms. The molecule has 41 heavy (non-hydrogen) atoms. The highest BCUT2D eigenvalue weighted by molar-refractivity contribution is 6.10. The number of hydrogen-bond donors (Lipinski definition) is 2. The molecule has 0 saturated heterocycles. The average molecular weight is 536 g/mol. The van der Waals surface area contributed by atoms with Gasteiger partial charge in [-0.15, -0.1) is 0 Å². The highest BCUT2D eigenvalue weighted by Crippen LogP contribution is 2.48. The monoisotopic (exact) mass is 535 g/mol. The molecule has 0 saturated carbocycles. The lowest BCUT2D eigenvalue weighted by atomic mass is 9.69. The largest absolute Gasteiger partial charge is 0.507 e. The maximum Gasteiger partial charge on any atom is 0.216 e. The molecule has 2 atom stereocenters. The second-order valence-corrected chi connectivity index (χ2v) is 11.4. The molecule has 2 unspecified atom stereocenters. The van der Waals surface area contributed by atoms with Crippen LogP contribution in [0.15, 0.2) is 109 Å². The minimum absolute atomic E-state index is 0.00340. The van der Waals surface area contributed by atoms with E-state index in [1.54, 1.807) is 13.0 Å². The fourth-order valence-corrected chi connectivity index (χ4v) is 7.13. The van der Waals surface area contributed by atoms with Crippen LogP contribution in [0.4, 0.5) is 0 Å². The van der Waals surface area contributed by atoms with Gasteiger partial charge in [0.15, 0.2) is 0 Å². The lowest BCUT2D eigenvalue weighted by molar-refractivity contribution is -0.118. The molecule has 1 amide bonds. The quantitative estimate of drug-likeness (QED) is 0.218. The standard InChI is InChI=1S/C38H33NO2/c1-24(40)39-21-20-34-28-11-6-5-10-26(28)14-15-31(34)36-22-27(25-8-3-2-4-9-25)23-37-32-18-19-35-29(12-7-13-38(35)41)30(32)16-17-33(36)37/h2-19,27,36,41H,20-23H2,1H3,(H,39,40). The molecule has 6 aromatic carbocycles. The van der Waals surface area contributed by atoms with E-state index in [4.69, 9.17) is 0 Å². The number of hydrogen-bond acceptors (Lipinski definition) is 2. The van der Waals surface area contributed by atoms with Crippen molar-refractivity contribution in [1.29, 1.82) is 0 Å². The first-order valence-corrected chi connectivity index (χ1v) is 14.5. The Bertz CT molecular complexity index is 1920. The van der Waals surface area contributed by atoms with Gasteiger partial charge >= 0.3 is 0 Å². The summed E-state index contributed by atoms with van der Waals surface area (Å²) in [5.74, 6) is 0.935. The molecule has 0 fully saturated rings. The van der Waals surface area contributed by atoms with E-state index in [-0.39, 0.29) is 11.8 Å². The van der Waals surface area contributed by atoms with Crippen molar-refractivity contribution in [2.45, 2.75) is 38.0 Å². The lowest BCUT2D eigenvalue weighted by Gasteiger charge is -2.35. The first-order chi connectivity index (χ1) is 20.1. The van der Waals surface area contributed by atoms with Gasteiger partial charge in [0.2, 0.25) is 5.91 Å². The molecule has 1 aliphatic carbocycles. The number of aromatic hydroxyl groups is 1. The second-order valence-electron chi connectivity index (χ2n) is 11.4. The number of phenolic OH excluding ortho intramolecular Hbond substituents is 1. The Balaban J connectivity index is 1.45. The van der Waals surface area contributed by atoms with Crippen LogP contribution in [0.5, 0.6) is 5.75 Å². The zero-order valence-corrected chi connectivity index (χ0v) is 23.2. The smallest absolute Gasteiger partial charge is 0.216 e. The van der Waals surface area contributed by atoms with E-state index in [1.165, 1.54) is 49.4 Å². The van der Waals surface area contributed by atoms with Crippen molar-refractivity contribution in [1.82, 2.24) is 5.32 Å². The summed E-state index contributed by atoms with van der Waals surface area (Å²) in [5, 5.41) is 20.5. The van der Waals surface area contributed by atoms with Gasteiger partial charge in [-0.2, -0.15) is 0 Å². The minimum atomic E-state index is 0.00340. The van der Waals surface area contributed by atoms with Crippen LogP contribution >= 0.6 is 0 Å². The van der Waals surface area contributed by atoms with Crippen molar-refractivity contribution in [2.24, 2.45) is 0 Å². The zero-order valence-electron chi connectivity index (χ0n) is 23.2. The molecule has 0 aromatic heterocycles. The predicted molar refractivity (Wildman–Crippen MR) is 169 cm³/mol. The number of benzene rings is 6. The Morgan fingerprint density at radius 3 is 2.29 bits per heavy atom. The molecule has 0 aliphatic heterocycles. The van der Waals surface area contributed by atoms with Gasteiger partial charge in [-0.3, -0.25) is 4.79 Å². The van der Waals surface area contributed by atoms with E-state index in [0.717, 1.165) is 30.0 Å². The molecule has 6 aromatic rings. The van der Waals surface area contributed by atoms with E-state index in [1.807, 2.05) is 6.07 Å². The number of phenols is 1. The third-order valence-electron chi connectivity index (χ3n) is 9.00. The Labute approximate surface area is 240 Å². The lowest BCUT2D eigenvalue weighted by Crippen LogP contribution is -2.24. The summed E-state index contributed by atoms with van der Waals surface area (Å²) in [5.41, 5.74) is 6.84. The van der Waals surface area contributed by atoms with Crippen LogP contribution in [0, 0.1) is 0 Å². The van der Waals surface area contributed by atoms with E-state index in [9.17, 15) is 9.90 Å². The Morgan fingerprint density at radius 2 is 1.44 bits per heavy atom. The van der Waals surface area contributed by atoms with Crippen LogP contribution in [0.25, 0.3) is 32.3 Å². The topological polar surface area (TPSA) is 49.3 Å². The average Bonchev–Trinajstić information content (AvgIpc) is 3.00. The Kier molecular flexibility index (Phi) is 6.43. The van der Waals surface area contributed by atoms with Crippen molar-refractivity contribution in [2.75, 3.05) is 6.54 Å². The predicted octanol–water partition coefficient (Wildman–Crippen LogP) is 8.39. The molecule has 3 nitrogen and oxygen atoms in total. The number of fused-ring (bicyclic) bond motifs is 6. The van der Waals surface area contributed by atoms with Gasteiger partial charge in [0.25, 0.3) is 0 Å². The summed E-state index contributed by atoms with van der Waals surface area (Å²) < 4.78 is 0. The highest BCUT2D eigenvalue weighted by atomic mass is 16.3. The molecule has 0 radical (unpaired) electrons. The minimum Gasteiger partial charge on any atom is -0.507 e. The van der Waals surface area contributed by atoms with E-state index in [0.29, 0.717) is 18.2 Å². The Morgan fingerprint density at radius 1 is 0.732 bits per heavy atom. The molecular formula is C38H33NO2.